The number of rotatable bonds is 0. The first-order chi connectivity index (χ1) is 4.93. The molecule has 0 heterocycles. The van der Waals surface area contributed by atoms with Crippen LogP contribution in [0.2, 0.25) is 0 Å². The standard InChI is InChI=1S/C10H8/c1-2-8-6-10-4-3-9(10)5-7(1)8/h1-4H,5-6H2. The van der Waals surface area contributed by atoms with Crippen LogP contribution in [0, 0.1) is 0 Å². The smallest absolute Gasteiger partial charge is 0.00201 e. The molecule has 0 heteroatoms. The predicted molar refractivity (Wildman–Crippen MR) is 41.6 cm³/mol. The van der Waals surface area contributed by atoms with Gasteiger partial charge >= 0.3 is 0 Å². The van der Waals surface area contributed by atoms with Crippen LogP contribution < -0.4 is 0 Å². The maximum absolute atomic E-state index is 2.24. The van der Waals surface area contributed by atoms with Gasteiger partial charge in [-0.1, -0.05) is 24.3 Å². The van der Waals surface area contributed by atoms with Crippen molar-refractivity contribution in [3.8, 4) is 0 Å². The van der Waals surface area contributed by atoms with Gasteiger partial charge in [0.25, 0.3) is 0 Å². The van der Waals surface area contributed by atoms with Gasteiger partial charge in [0, 0.05) is 0 Å². The molecule has 0 aromatic rings. The Bertz CT molecular complexity index is 260. The summed E-state index contributed by atoms with van der Waals surface area (Å²) in [7, 11) is 0. The average molecular weight is 128 g/mol. The van der Waals surface area contributed by atoms with Crippen LogP contribution in [0.15, 0.2) is 46.6 Å². The van der Waals surface area contributed by atoms with Gasteiger partial charge < -0.3 is 0 Å². The molecule has 0 aromatic carbocycles. The van der Waals surface area contributed by atoms with E-state index in [2.05, 4.69) is 24.3 Å². The largest absolute Gasteiger partial charge is 0.0581 e. The van der Waals surface area contributed by atoms with Gasteiger partial charge in [-0.15, -0.1) is 0 Å². The normalized spacial score (nSPS) is 25.6. The van der Waals surface area contributed by atoms with Crippen LogP contribution >= 0.6 is 0 Å². The third kappa shape index (κ3) is 0.397. The lowest BCUT2D eigenvalue weighted by Crippen LogP contribution is -2.09. The van der Waals surface area contributed by atoms with E-state index in [1.807, 2.05) is 0 Å². The van der Waals surface area contributed by atoms with Gasteiger partial charge in [-0.3, -0.25) is 0 Å². The number of hydrogen-bond acceptors (Lipinski definition) is 0. The SMILES string of the molecule is C1=CC2=C1CC1=C(C=C1)C2. The highest BCUT2D eigenvalue weighted by molar-refractivity contribution is 5.60. The molecule has 0 saturated carbocycles. The van der Waals surface area contributed by atoms with Crippen molar-refractivity contribution in [2.24, 2.45) is 0 Å². The van der Waals surface area contributed by atoms with Crippen LogP contribution in [0.3, 0.4) is 0 Å². The Morgan fingerprint density at radius 3 is 1.10 bits per heavy atom. The molecule has 3 rings (SSSR count). The van der Waals surface area contributed by atoms with E-state index >= 15 is 0 Å². The second-order valence-electron chi connectivity index (χ2n) is 3.12. The third-order valence-corrected chi connectivity index (χ3v) is 2.56. The summed E-state index contributed by atoms with van der Waals surface area (Å²) in [4.78, 5) is 0. The Morgan fingerprint density at radius 1 is 0.600 bits per heavy atom. The van der Waals surface area contributed by atoms with Crippen molar-refractivity contribution in [1.82, 2.24) is 0 Å². The average Bonchev–Trinajstić information content (AvgIpc) is 1.82. The van der Waals surface area contributed by atoms with Crippen LogP contribution in [0.4, 0.5) is 0 Å². The second-order valence-corrected chi connectivity index (χ2v) is 3.12. The Morgan fingerprint density at radius 2 is 0.900 bits per heavy atom. The quantitative estimate of drug-likeness (QED) is 0.470. The van der Waals surface area contributed by atoms with Crippen LogP contribution in [-0.4, -0.2) is 0 Å². The molecule has 48 valence electrons. The molecule has 0 fully saturated rings. The summed E-state index contributed by atoms with van der Waals surface area (Å²) in [5.74, 6) is 0. The molecular formula is C10H8. The third-order valence-electron chi connectivity index (χ3n) is 2.56. The first-order valence-corrected chi connectivity index (χ1v) is 3.74. The molecular weight excluding hydrogens is 120 g/mol. The van der Waals surface area contributed by atoms with E-state index in [-0.39, 0.29) is 0 Å². The number of hydrogen-bond donors (Lipinski definition) is 0. The minimum Gasteiger partial charge on any atom is -0.0581 e. The second kappa shape index (κ2) is 1.34. The van der Waals surface area contributed by atoms with Gasteiger partial charge in [-0.2, -0.15) is 0 Å². The highest BCUT2D eigenvalue weighted by Crippen LogP contribution is 2.41. The summed E-state index contributed by atoms with van der Waals surface area (Å²) in [6.45, 7) is 0. The lowest BCUT2D eigenvalue weighted by Gasteiger charge is -2.28. The molecule has 3 aliphatic carbocycles. The first kappa shape index (κ1) is 4.73. The zero-order chi connectivity index (χ0) is 6.55. The fourth-order valence-electron chi connectivity index (χ4n) is 1.74. The molecule has 0 nitrogen and oxygen atoms in total. The van der Waals surface area contributed by atoms with Gasteiger partial charge in [0.1, 0.15) is 0 Å². The van der Waals surface area contributed by atoms with Gasteiger partial charge in [-0.25, -0.2) is 0 Å². The van der Waals surface area contributed by atoms with Crippen LogP contribution in [-0.2, 0) is 0 Å². The Balaban J connectivity index is 1.98. The van der Waals surface area contributed by atoms with Crippen LogP contribution in [0.25, 0.3) is 0 Å². The predicted octanol–water partition coefficient (Wildman–Crippen LogP) is 2.51. The zero-order valence-electron chi connectivity index (χ0n) is 5.72. The van der Waals surface area contributed by atoms with Crippen molar-refractivity contribution >= 4 is 0 Å². The van der Waals surface area contributed by atoms with Crippen molar-refractivity contribution < 1.29 is 0 Å². The van der Waals surface area contributed by atoms with E-state index in [4.69, 9.17) is 0 Å². The van der Waals surface area contributed by atoms with Crippen molar-refractivity contribution in [2.75, 3.05) is 0 Å². The van der Waals surface area contributed by atoms with Gasteiger partial charge in [0.05, 0.1) is 0 Å². The fraction of sp³-hybridized carbons (Fsp3) is 0.200. The summed E-state index contributed by atoms with van der Waals surface area (Å²) in [6, 6.07) is 0. The van der Waals surface area contributed by atoms with E-state index in [0.717, 1.165) is 0 Å². The van der Waals surface area contributed by atoms with Crippen LogP contribution in [0.1, 0.15) is 12.8 Å². The summed E-state index contributed by atoms with van der Waals surface area (Å²) >= 11 is 0. The van der Waals surface area contributed by atoms with E-state index in [9.17, 15) is 0 Å². The molecule has 0 bridgehead atoms. The fourth-order valence-corrected chi connectivity index (χ4v) is 1.74. The summed E-state index contributed by atoms with van der Waals surface area (Å²) in [5, 5.41) is 0. The van der Waals surface area contributed by atoms with E-state index in [1.54, 1.807) is 22.3 Å². The lowest BCUT2D eigenvalue weighted by molar-refractivity contribution is 0.965. The molecule has 0 spiro atoms. The Hall–Kier alpha value is -1.04. The lowest BCUT2D eigenvalue weighted by atomic mass is 9.77. The molecule has 0 saturated heterocycles. The first-order valence-electron chi connectivity index (χ1n) is 3.74. The zero-order valence-corrected chi connectivity index (χ0v) is 5.72. The highest BCUT2D eigenvalue weighted by atomic mass is 14.3. The van der Waals surface area contributed by atoms with E-state index in [0.29, 0.717) is 0 Å². The topological polar surface area (TPSA) is 0 Å². The minimum absolute atomic E-state index is 1.21. The molecule has 10 heavy (non-hydrogen) atoms. The molecule has 0 radical (unpaired) electrons. The number of allylic oxidation sites excluding steroid dienone is 8. The van der Waals surface area contributed by atoms with Gasteiger partial charge in [-0.05, 0) is 35.1 Å². The summed E-state index contributed by atoms with van der Waals surface area (Å²) in [5.41, 5.74) is 6.29. The van der Waals surface area contributed by atoms with Gasteiger partial charge in [0.2, 0.25) is 0 Å². The minimum atomic E-state index is 1.21. The van der Waals surface area contributed by atoms with Crippen molar-refractivity contribution in [2.45, 2.75) is 12.8 Å². The van der Waals surface area contributed by atoms with Crippen molar-refractivity contribution in [1.29, 1.82) is 0 Å². The van der Waals surface area contributed by atoms with E-state index in [1.165, 1.54) is 12.8 Å². The Kier molecular flexibility index (Phi) is 0.634. The molecule has 3 aliphatic rings. The Labute approximate surface area is 60.2 Å². The molecule has 0 aliphatic heterocycles. The molecule has 0 aromatic heterocycles. The highest BCUT2D eigenvalue weighted by Gasteiger charge is 2.22. The molecule has 0 atom stereocenters. The maximum Gasteiger partial charge on any atom is -0.00201 e. The van der Waals surface area contributed by atoms with Crippen LogP contribution in [0.5, 0.6) is 0 Å². The maximum atomic E-state index is 2.24. The summed E-state index contributed by atoms with van der Waals surface area (Å²) in [6.07, 6.45) is 11.4. The monoisotopic (exact) mass is 128 g/mol. The molecule has 0 N–H and O–H groups in total. The summed E-state index contributed by atoms with van der Waals surface area (Å²) < 4.78 is 0. The molecule has 0 amide bonds. The van der Waals surface area contributed by atoms with Crippen molar-refractivity contribution in [3.05, 3.63) is 46.6 Å². The van der Waals surface area contributed by atoms with E-state index < -0.39 is 0 Å². The molecule has 0 unspecified atom stereocenters. The van der Waals surface area contributed by atoms with Gasteiger partial charge in [0.15, 0.2) is 0 Å². The van der Waals surface area contributed by atoms with Crippen molar-refractivity contribution in [3.63, 3.8) is 0 Å².